The van der Waals surface area contributed by atoms with E-state index in [9.17, 15) is 14.6 Å². The fourth-order valence-electron chi connectivity index (χ4n) is 3.49. The van der Waals surface area contributed by atoms with Gasteiger partial charge < -0.3 is 9.72 Å². The van der Waals surface area contributed by atoms with Crippen molar-refractivity contribution in [3.63, 3.8) is 0 Å². The highest BCUT2D eigenvalue weighted by Gasteiger charge is 2.37. The minimum atomic E-state index is -3.05. The van der Waals surface area contributed by atoms with Gasteiger partial charge in [0.25, 0.3) is 7.72 Å². The molecule has 1 aliphatic carbocycles. The van der Waals surface area contributed by atoms with Gasteiger partial charge in [0, 0.05) is 12.3 Å². The molecule has 132 valence electrons. The van der Waals surface area contributed by atoms with E-state index >= 15 is 0 Å². The Kier molecular flexibility index (Phi) is 5.72. The highest BCUT2D eigenvalue weighted by atomic mass is 31.2. The number of H-pyrrole nitrogens is 1. The van der Waals surface area contributed by atoms with Crippen LogP contribution in [0, 0.1) is 5.92 Å². The predicted octanol–water partition coefficient (Wildman–Crippen LogP) is 2.29. The highest BCUT2D eigenvalue weighted by molar-refractivity contribution is 7.67. The van der Waals surface area contributed by atoms with Gasteiger partial charge in [0.05, 0.1) is 12.6 Å². The third kappa shape index (κ3) is 4.90. The fraction of sp³-hybridized carbons (Fsp3) is 0.588. The zero-order valence-electron chi connectivity index (χ0n) is 13.8. The molecule has 1 aromatic rings. The molecule has 6 nitrogen and oxygen atoms in total. The summed E-state index contributed by atoms with van der Waals surface area (Å²) in [6, 6.07) is 3.25. The van der Waals surface area contributed by atoms with Crippen LogP contribution >= 0.6 is 7.72 Å². The summed E-state index contributed by atoms with van der Waals surface area (Å²) in [7, 11) is -3.05. The van der Waals surface area contributed by atoms with E-state index in [0.717, 1.165) is 18.4 Å². The van der Waals surface area contributed by atoms with E-state index in [1.54, 1.807) is 12.3 Å². The zero-order valence-corrected chi connectivity index (χ0v) is 14.7. The zero-order chi connectivity index (χ0) is 17.0. The van der Waals surface area contributed by atoms with Crippen molar-refractivity contribution in [1.29, 1.82) is 0 Å². The summed E-state index contributed by atoms with van der Waals surface area (Å²) < 4.78 is 5.71. The van der Waals surface area contributed by atoms with E-state index in [-0.39, 0.29) is 11.6 Å². The lowest BCUT2D eigenvalue weighted by molar-refractivity contribution is 0.139. The maximum absolute atomic E-state index is 11.1. The van der Waals surface area contributed by atoms with Gasteiger partial charge in [-0.25, -0.2) is 9.79 Å². The van der Waals surface area contributed by atoms with E-state index in [4.69, 9.17) is 4.74 Å². The second-order valence-corrected chi connectivity index (χ2v) is 8.99. The summed E-state index contributed by atoms with van der Waals surface area (Å²) in [6.07, 6.45) is 8.00. The Hall–Kier alpha value is -1.20. The van der Waals surface area contributed by atoms with Crippen molar-refractivity contribution in [2.75, 3.05) is 19.3 Å². The molecule has 0 unspecified atom stereocenters. The van der Waals surface area contributed by atoms with Gasteiger partial charge >= 0.3 is 0 Å². The van der Waals surface area contributed by atoms with Crippen LogP contribution in [0.5, 0.6) is 0 Å². The summed E-state index contributed by atoms with van der Waals surface area (Å²) in [6.45, 7) is 0.860. The first-order chi connectivity index (χ1) is 11.5. The Labute approximate surface area is 142 Å². The molecule has 24 heavy (non-hydrogen) atoms. The summed E-state index contributed by atoms with van der Waals surface area (Å²) in [5, 5.41) is 3.31. The first kappa shape index (κ1) is 17.6. The number of ether oxygens (including phenoxy) is 1. The fourth-order valence-corrected chi connectivity index (χ4v) is 5.35. The topological polar surface area (TPSA) is 94.6 Å². The Balaban J connectivity index is 1.55. The first-order valence-electron chi connectivity index (χ1n) is 8.62. The van der Waals surface area contributed by atoms with Gasteiger partial charge in [0.2, 0.25) is 5.56 Å². The van der Waals surface area contributed by atoms with E-state index in [1.807, 2.05) is 0 Å². The number of hydrogen-bond acceptors (Lipinski definition) is 5. The average molecular weight is 353 g/mol. The van der Waals surface area contributed by atoms with Gasteiger partial charge in [-0.2, -0.15) is 0 Å². The molecule has 0 bridgehead atoms. The molecule has 3 rings (SSSR count). The number of rotatable bonds is 4. The number of pyridine rings is 1. The second-order valence-electron chi connectivity index (χ2n) is 6.80. The third-order valence-electron chi connectivity index (χ3n) is 4.77. The van der Waals surface area contributed by atoms with Crippen molar-refractivity contribution in [3.8, 4) is 0 Å². The summed E-state index contributed by atoms with van der Waals surface area (Å²) in [4.78, 5) is 34.5. The molecule has 4 N–H and O–H groups in total. The molecule has 0 spiro atoms. The normalized spacial score (nSPS) is 24.8. The Morgan fingerprint density at radius 2 is 2.04 bits per heavy atom. The van der Waals surface area contributed by atoms with Gasteiger partial charge in [-0.15, -0.1) is 0 Å². The monoisotopic (exact) mass is 353 g/mol. The summed E-state index contributed by atoms with van der Waals surface area (Å²) in [5.41, 5.74) is 0.818. The molecule has 0 amide bonds. The number of aromatic nitrogens is 1. The van der Waals surface area contributed by atoms with Crippen LogP contribution in [0.15, 0.2) is 34.7 Å². The average Bonchev–Trinajstić information content (AvgIpc) is 2.56. The van der Waals surface area contributed by atoms with Crippen molar-refractivity contribution in [3.05, 3.63) is 45.8 Å². The van der Waals surface area contributed by atoms with Gasteiger partial charge in [0.1, 0.15) is 18.5 Å². The van der Waals surface area contributed by atoms with E-state index in [0.29, 0.717) is 31.0 Å². The molecule has 7 heteroatoms. The summed E-state index contributed by atoms with van der Waals surface area (Å²) in [5.74, 6) is 2.56. The van der Waals surface area contributed by atoms with Crippen LogP contribution in [0.1, 0.15) is 43.7 Å². The molecule has 2 heterocycles. The quantitative estimate of drug-likeness (QED) is 0.623. The van der Waals surface area contributed by atoms with Gasteiger partial charge in [-0.1, -0.05) is 25.3 Å². The lowest BCUT2D eigenvalue weighted by Gasteiger charge is -2.27. The molecule has 1 saturated heterocycles. The van der Waals surface area contributed by atoms with Crippen molar-refractivity contribution in [2.45, 2.75) is 38.1 Å². The number of morpholine rings is 1. The molecule has 1 atom stereocenters. The second kappa shape index (κ2) is 7.79. The number of nitrogens with one attached hydrogen (secondary N) is 2. The van der Waals surface area contributed by atoms with Crippen LogP contribution in [0.25, 0.3) is 0 Å². The van der Waals surface area contributed by atoms with Crippen molar-refractivity contribution in [2.24, 2.45) is 5.92 Å². The molecular formula is C17H26N2O4P+. The molecule has 2 fully saturated rings. The number of aromatic amines is 1. The summed E-state index contributed by atoms with van der Waals surface area (Å²) >= 11 is 0. The standard InChI is InChI=1S/C17H25N2O4P/c20-17-7-6-14(8-19-17)16-10-23-15(9-18-16)12-24(21,22)11-13-4-2-1-3-5-13/h6-8,12-13,16,18,21-22H,1-5,9-11H2/p+1/t16-/m0/s1. The molecule has 1 aromatic heterocycles. The van der Waals surface area contributed by atoms with Crippen LogP contribution in [-0.4, -0.2) is 34.1 Å². The van der Waals surface area contributed by atoms with Crippen LogP contribution in [0.3, 0.4) is 0 Å². The molecule has 1 aliphatic heterocycles. The van der Waals surface area contributed by atoms with E-state index in [1.165, 1.54) is 31.1 Å². The van der Waals surface area contributed by atoms with Crippen molar-refractivity contribution < 1.29 is 14.5 Å². The Morgan fingerprint density at radius 3 is 2.67 bits per heavy atom. The minimum Gasteiger partial charge on any atom is -0.491 e. The molecular weight excluding hydrogens is 327 g/mol. The van der Waals surface area contributed by atoms with E-state index in [2.05, 4.69) is 10.3 Å². The van der Waals surface area contributed by atoms with Crippen molar-refractivity contribution in [1.82, 2.24) is 10.3 Å². The van der Waals surface area contributed by atoms with Gasteiger partial charge in [0.15, 0.2) is 5.82 Å². The smallest absolute Gasteiger partial charge is 0.296 e. The molecule has 1 saturated carbocycles. The van der Waals surface area contributed by atoms with Crippen LogP contribution in [0.2, 0.25) is 0 Å². The maximum atomic E-state index is 11.1. The maximum Gasteiger partial charge on any atom is 0.296 e. The SMILES string of the molecule is O=c1ccc([C@@H]2COC(=C[P+](O)(O)CC3CCCCC3)CN2)c[nH]1. The Morgan fingerprint density at radius 1 is 1.25 bits per heavy atom. The van der Waals surface area contributed by atoms with E-state index < -0.39 is 7.72 Å². The van der Waals surface area contributed by atoms with Crippen molar-refractivity contribution >= 4 is 7.72 Å². The molecule has 0 radical (unpaired) electrons. The first-order valence-corrected chi connectivity index (χ1v) is 10.6. The largest absolute Gasteiger partial charge is 0.491 e. The Bertz CT molecular complexity index is 607. The van der Waals surface area contributed by atoms with Crippen LogP contribution in [0.4, 0.5) is 0 Å². The van der Waals surface area contributed by atoms with Gasteiger partial charge in [-0.3, -0.25) is 10.1 Å². The van der Waals surface area contributed by atoms with Crippen LogP contribution < -0.4 is 10.9 Å². The lowest BCUT2D eigenvalue weighted by Crippen LogP contribution is -2.34. The third-order valence-corrected chi connectivity index (χ3v) is 6.53. The number of hydrogen-bond donors (Lipinski definition) is 4. The van der Waals surface area contributed by atoms with Gasteiger partial charge in [-0.05, 0) is 24.3 Å². The molecule has 0 aromatic carbocycles. The molecule has 2 aliphatic rings. The predicted molar refractivity (Wildman–Crippen MR) is 94.6 cm³/mol. The minimum absolute atomic E-state index is 0.0116. The lowest BCUT2D eigenvalue weighted by atomic mass is 9.91. The van der Waals surface area contributed by atoms with Crippen LogP contribution in [-0.2, 0) is 4.74 Å². The highest BCUT2D eigenvalue weighted by Crippen LogP contribution is 2.55.